The molecule has 106 valence electrons. The number of amides is 2. The molecule has 1 aliphatic rings. The van der Waals surface area contributed by atoms with Gasteiger partial charge in [-0.2, -0.15) is 0 Å². The lowest BCUT2D eigenvalue weighted by atomic mass is 10.1. The third-order valence-electron chi connectivity index (χ3n) is 3.30. The minimum atomic E-state index is -0.122. The fraction of sp³-hybridized carbons (Fsp3) is 0.692. The summed E-state index contributed by atoms with van der Waals surface area (Å²) >= 11 is 0. The number of aromatic nitrogens is 1. The summed E-state index contributed by atoms with van der Waals surface area (Å²) in [6.45, 7) is 5.03. The van der Waals surface area contributed by atoms with Crippen molar-refractivity contribution in [3.8, 4) is 0 Å². The van der Waals surface area contributed by atoms with Crippen LogP contribution < -0.4 is 5.32 Å². The molecule has 2 rings (SSSR count). The number of nitrogens with one attached hydrogen (secondary N) is 1. The first-order valence-electron chi connectivity index (χ1n) is 6.61. The molecular formula is C13H21N3O3. The summed E-state index contributed by atoms with van der Waals surface area (Å²) in [6, 6.07) is 1.73. The Bertz CT molecular complexity index is 427. The summed E-state index contributed by atoms with van der Waals surface area (Å²) in [7, 11) is 1.74. The van der Waals surface area contributed by atoms with Crippen LogP contribution in [0.25, 0.3) is 0 Å². The van der Waals surface area contributed by atoms with Crippen molar-refractivity contribution in [1.82, 2.24) is 15.4 Å². The van der Waals surface area contributed by atoms with Crippen LogP contribution in [0.2, 0.25) is 0 Å². The molecule has 0 radical (unpaired) electrons. The molecule has 2 unspecified atom stereocenters. The van der Waals surface area contributed by atoms with E-state index in [0.29, 0.717) is 6.54 Å². The summed E-state index contributed by atoms with van der Waals surface area (Å²) in [5, 5.41) is 6.83. The van der Waals surface area contributed by atoms with Gasteiger partial charge in [0.2, 0.25) is 0 Å². The van der Waals surface area contributed by atoms with Crippen LogP contribution >= 0.6 is 0 Å². The summed E-state index contributed by atoms with van der Waals surface area (Å²) < 4.78 is 10.5. The highest BCUT2D eigenvalue weighted by Crippen LogP contribution is 2.15. The Hall–Kier alpha value is -1.56. The van der Waals surface area contributed by atoms with Gasteiger partial charge in [-0.1, -0.05) is 5.16 Å². The first-order chi connectivity index (χ1) is 9.06. The van der Waals surface area contributed by atoms with Crippen molar-refractivity contribution in [3.63, 3.8) is 0 Å². The molecule has 0 aromatic carbocycles. The number of carbonyl (C=O) groups is 1. The highest BCUT2D eigenvalue weighted by Gasteiger charge is 2.24. The largest absolute Gasteiger partial charge is 0.376 e. The van der Waals surface area contributed by atoms with E-state index >= 15 is 0 Å². The third-order valence-corrected chi connectivity index (χ3v) is 3.30. The van der Waals surface area contributed by atoms with Gasteiger partial charge in [0.25, 0.3) is 0 Å². The van der Waals surface area contributed by atoms with Gasteiger partial charge < -0.3 is 19.5 Å². The summed E-state index contributed by atoms with van der Waals surface area (Å²) in [6.07, 6.45) is 2.21. The van der Waals surface area contributed by atoms with E-state index < -0.39 is 0 Å². The molecular weight excluding hydrogens is 246 g/mol. The Kier molecular flexibility index (Phi) is 4.42. The van der Waals surface area contributed by atoms with E-state index in [-0.39, 0.29) is 18.2 Å². The number of hydrogen-bond acceptors (Lipinski definition) is 4. The lowest BCUT2D eigenvalue weighted by Gasteiger charge is -2.23. The van der Waals surface area contributed by atoms with Gasteiger partial charge in [0.15, 0.2) is 0 Å². The number of aryl methyl sites for hydroxylation is 1. The Morgan fingerprint density at radius 2 is 2.47 bits per heavy atom. The standard InChI is InChI=1S/C13H21N3O3/c1-9-7-11(15-19-9)8-16(3)13(17)14-10(2)12-5-4-6-18-12/h7,10,12H,4-6,8H2,1-3H3,(H,14,17). The second-order valence-corrected chi connectivity index (χ2v) is 5.07. The molecule has 1 saturated heterocycles. The van der Waals surface area contributed by atoms with Crippen molar-refractivity contribution < 1.29 is 14.1 Å². The maximum absolute atomic E-state index is 12.0. The number of rotatable bonds is 4. The molecule has 6 heteroatoms. The molecule has 0 spiro atoms. The molecule has 1 N–H and O–H groups in total. The quantitative estimate of drug-likeness (QED) is 0.901. The van der Waals surface area contributed by atoms with Crippen molar-refractivity contribution in [3.05, 3.63) is 17.5 Å². The van der Waals surface area contributed by atoms with Crippen LogP contribution in [0.3, 0.4) is 0 Å². The van der Waals surface area contributed by atoms with Gasteiger partial charge in [-0.05, 0) is 26.7 Å². The number of nitrogens with zero attached hydrogens (tertiary/aromatic N) is 2. The number of carbonyl (C=O) groups excluding carboxylic acids is 1. The Morgan fingerprint density at radius 1 is 1.68 bits per heavy atom. The van der Waals surface area contributed by atoms with Gasteiger partial charge in [0.1, 0.15) is 11.5 Å². The molecule has 2 heterocycles. The molecule has 2 amide bonds. The first-order valence-corrected chi connectivity index (χ1v) is 6.61. The van der Waals surface area contributed by atoms with Crippen LogP contribution in [0, 0.1) is 6.92 Å². The minimum absolute atomic E-state index is 0.0245. The van der Waals surface area contributed by atoms with Crippen LogP contribution in [0.5, 0.6) is 0 Å². The average molecular weight is 267 g/mol. The van der Waals surface area contributed by atoms with Crippen LogP contribution in [-0.4, -0.2) is 41.9 Å². The maximum Gasteiger partial charge on any atom is 0.317 e. The van der Waals surface area contributed by atoms with Gasteiger partial charge >= 0.3 is 6.03 Å². The van der Waals surface area contributed by atoms with E-state index in [1.807, 2.05) is 19.9 Å². The average Bonchev–Trinajstić information content (AvgIpc) is 3.00. The topological polar surface area (TPSA) is 67.6 Å². The first kappa shape index (κ1) is 13.9. The normalized spacial score (nSPS) is 20.3. The van der Waals surface area contributed by atoms with Crippen LogP contribution in [0.4, 0.5) is 4.79 Å². The lowest BCUT2D eigenvalue weighted by molar-refractivity contribution is 0.0837. The molecule has 2 atom stereocenters. The second kappa shape index (κ2) is 6.06. The van der Waals surface area contributed by atoms with Crippen LogP contribution in [0.15, 0.2) is 10.6 Å². The summed E-state index contributed by atoms with van der Waals surface area (Å²) in [5.74, 6) is 0.747. The molecule has 1 aliphatic heterocycles. The van der Waals surface area contributed by atoms with E-state index in [0.717, 1.165) is 30.9 Å². The Morgan fingerprint density at radius 3 is 3.05 bits per heavy atom. The zero-order valence-corrected chi connectivity index (χ0v) is 11.7. The fourth-order valence-corrected chi connectivity index (χ4v) is 2.20. The third kappa shape index (κ3) is 3.70. The molecule has 0 aliphatic carbocycles. The molecule has 1 aromatic rings. The van der Waals surface area contributed by atoms with E-state index in [4.69, 9.17) is 9.26 Å². The van der Waals surface area contributed by atoms with Crippen molar-refractivity contribution in [2.45, 2.75) is 45.4 Å². The fourth-order valence-electron chi connectivity index (χ4n) is 2.20. The van der Waals surface area contributed by atoms with Crippen LogP contribution in [-0.2, 0) is 11.3 Å². The Labute approximate surface area is 113 Å². The lowest BCUT2D eigenvalue weighted by Crippen LogP contribution is -2.46. The summed E-state index contributed by atoms with van der Waals surface area (Å²) in [4.78, 5) is 13.6. The second-order valence-electron chi connectivity index (χ2n) is 5.07. The van der Waals surface area contributed by atoms with E-state index in [2.05, 4.69) is 10.5 Å². The van der Waals surface area contributed by atoms with Crippen molar-refractivity contribution >= 4 is 6.03 Å². The number of ether oxygens (including phenoxy) is 1. The highest BCUT2D eigenvalue weighted by atomic mass is 16.5. The van der Waals surface area contributed by atoms with Crippen LogP contribution in [0.1, 0.15) is 31.2 Å². The molecule has 1 aromatic heterocycles. The Balaban J connectivity index is 1.81. The predicted molar refractivity (Wildman–Crippen MR) is 69.7 cm³/mol. The smallest absolute Gasteiger partial charge is 0.317 e. The number of hydrogen-bond donors (Lipinski definition) is 1. The van der Waals surface area contributed by atoms with Gasteiger partial charge in [-0.3, -0.25) is 0 Å². The van der Waals surface area contributed by atoms with Gasteiger partial charge in [0, 0.05) is 19.7 Å². The van der Waals surface area contributed by atoms with Crippen molar-refractivity contribution in [2.75, 3.05) is 13.7 Å². The van der Waals surface area contributed by atoms with Gasteiger partial charge in [0.05, 0.1) is 18.7 Å². The monoisotopic (exact) mass is 267 g/mol. The molecule has 19 heavy (non-hydrogen) atoms. The molecule has 6 nitrogen and oxygen atoms in total. The molecule has 0 bridgehead atoms. The molecule has 0 saturated carbocycles. The highest BCUT2D eigenvalue weighted by molar-refractivity contribution is 5.74. The SMILES string of the molecule is Cc1cc(CN(C)C(=O)NC(C)C2CCCO2)no1. The number of urea groups is 1. The zero-order chi connectivity index (χ0) is 13.8. The minimum Gasteiger partial charge on any atom is -0.376 e. The summed E-state index contributed by atoms with van der Waals surface area (Å²) in [5.41, 5.74) is 0.750. The van der Waals surface area contributed by atoms with Crippen molar-refractivity contribution in [1.29, 1.82) is 0 Å². The molecule has 1 fully saturated rings. The van der Waals surface area contributed by atoms with Crippen molar-refractivity contribution in [2.24, 2.45) is 0 Å². The maximum atomic E-state index is 12.0. The van der Waals surface area contributed by atoms with Gasteiger partial charge in [-0.15, -0.1) is 0 Å². The van der Waals surface area contributed by atoms with Gasteiger partial charge in [-0.25, -0.2) is 4.79 Å². The predicted octanol–water partition coefficient (Wildman–Crippen LogP) is 1.69. The van der Waals surface area contributed by atoms with E-state index in [1.54, 1.807) is 11.9 Å². The van der Waals surface area contributed by atoms with E-state index in [9.17, 15) is 4.79 Å². The zero-order valence-electron chi connectivity index (χ0n) is 11.7. The van der Waals surface area contributed by atoms with E-state index in [1.165, 1.54) is 0 Å².